The number of ether oxygens (including phenoxy) is 2. The van der Waals surface area contributed by atoms with E-state index in [0.29, 0.717) is 12.8 Å². The number of carbonyl (C=O) groups excluding carboxylic acids is 1. The van der Waals surface area contributed by atoms with Crippen LogP contribution in [0, 0.1) is 5.41 Å². The topological polar surface area (TPSA) is 92.9 Å². The zero-order chi connectivity index (χ0) is 25.7. The van der Waals surface area contributed by atoms with E-state index in [1.54, 1.807) is 0 Å². The zero-order valence-electron chi connectivity index (χ0n) is 19.6. The Morgan fingerprint density at radius 3 is 2.50 bits per heavy atom. The van der Waals surface area contributed by atoms with E-state index < -0.39 is 35.2 Å². The fourth-order valence-corrected chi connectivity index (χ4v) is 6.98. The highest BCUT2D eigenvalue weighted by atomic mass is 35.5. The fraction of sp³-hybridized carbons (Fsp3) is 0.955. The van der Waals surface area contributed by atoms with Crippen LogP contribution in [0.1, 0.15) is 44.9 Å². The molecule has 14 heteroatoms. The lowest BCUT2D eigenvalue weighted by Crippen LogP contribution is -2.79. The molecule has 2 heterocycles. The summed E-state index contributed by atoms with van der Waals surface area (Å²) in [6.07, 6.45) is -2.95. The number of rotatable bonds is 8. The van der Waals surface area contributed by atoms with Gasteiger partial charge in [-0.25, -0.2) is 4.39 Å². The molecule has 2 saturated heterocycles. The molecule has 8 nitrogen and oxygen atoms in total. The number of halogens is 6. The standard InChI is InChI=1S/C22H32Cl2F4N4O4/c23-13-2-1-11(4-15(13)25)35-7-17(33)31-21-8-20(9-21,10-21)19-30-16(32-36-19)6-34-12-3-14(24)18(29-5-12)22(26,27)28/h11-16,18-19,29-30,32H,1-10H2,(H,31,33). The van der Waals surface area contributed by atoms with Gasteiger partial charge in [0, 0.05) is 23.9 Å². The lowest BCUT2D eigenvalue weighted by Gasteiger charge is -2.71. The Morgan fingerprint density at radius 2 is 1.83 bits per heavy atom. The smallest absolute Gasteiger partial charge is 0.374 e. The Bertz CT molecular complexity index is 808. The quantitative estimate of drug-likeness (QED) is 0.266. The summed E-state index contributed by atoms with van der Waals surface area (Å²) in [5.41, 5.74) is 2.54. The molecule has 0 aromatic carbocycles. The van der Waals surface area contributed by atoms with Crippen molar-refractivity contribution in [3.63, 3.8) is 0 Å². The molecule has 6 rings (SSSR count). The van der Waals surface area contributed by atoms with Gasteiger partial charge < -0.3 is 20.1 Å². The van der Waals surface area contributed by atoms with Crippen LogP contribution in [0.4, 0.5) is 17.6 Å². The van der Waals surface area contributed by atoms with Crippen LogP contribution in [-0.4, -0.2) is 85.0 Å². The summed E-state index contributed by atoms with van der Waals surface area (Å²) >= 11 is 11.8. The van der Waals surface area contributed by atoms with Crippen molar-refractivity contribution in [2.75, 3.05) is 19.8 Å². The SMILES string of the molecule is O=C(COC1CCC(Cl)C(F)C1)NC12CC(C3NC(COC4CNC(C(F)(F)F)C(Cl)C4)NO3)(C1)C2. The van der Waals surface area contributed by atoms with Gasteiger partial charge in [0.2, 0.25) is 5.91 Å². The molecule has 0 aromatic heterocycles. The summed E-state index contributed by atoms with van der Waals surface area (Å²) in [5.74, 6) is -0.206. The van der Waals surface area contributed by atoms with Gasteiger partial charge in [-0.3, -0.25) is 14.9 Å². The number of hydrogen-bond acceptors (Lipinski definition) is 7. The molecule has 36 heavy (non-hydrogen) atoms. The number of hydroxylamine groups is 1. The van der Waals surface area contributed by atoms with Gasteiger partial charge in [-0.1, -0.05) is 0 Å². The number of amides is 1. The first-order valence-corrected chi connectivity index (χ1v) is 13.3. The van der Waals surface area contributed by atoms with Gasteiger partial charge in [0.15, 0.2) is 0 Å². The van der Waals surface area contributed by atoms with Crippen LogP contribution in [0.2, 0.25) is 0 Å². The molecule has 2 bridgehead atoms. The number of alkyl halides is 6. The predicted octanol–water partition coefficient (Wildman–Crippen LogP) is 2.23. The lowest BCUT2D eigenvalue weighted by molar-refractivity contribution is -0.232. The van der Waals surface area contributed by atoms with Crippen LogP contribution in [0.15, 0.2) is 0 Å². The predicted molar refractivity (Wildman–Crippen MR) is 122 cm³/mol. The highest BCUT2D eigenvalue weighted by Gasteiger charge is 2.72. The summed E-state index contributed by atoms with van der Waals surface area (Å²) in [6, 6.07) is -1.73. The van der Waals surface area contributed by atoms with Crippen molar-refractivity contribution in [2.45, 2.75) is 104 Å². The van der Waals surface area contributed by atoms with Crippen LogP contribution in [0.25, 0.3) is 0 Å². The van der Waals surface area contributed by atoms with Crippen LogP contribution < -0.4 is 21.4 Å². The molecule has 4 N–H and O–H groups in total. The summed E-state index contributed by atoms with van der Waals surface area (Å²) in [6.45, 7) is 0.188. The molecule has 0 aromatic rings. The maximum absolute atomic E-state index is 13.7. The maximum atomic E-state index is 13.7. The zero-order valence-corrected chi connectivity index (χ0v) is 21.1. The number of carbonyl (C=O) groups is 1. The molecule has 6 aliphatic rings. The van der Waals surface area contributed by atoms with E-state index >= 15 is 0 Å². The molecular weight excluding hydrogens is 531 g/mol. The first-order valence-electron chi connectivity index (χ1n) is 12.4. The van der Waals surface area contributed by atoms with Gasteiger partial charge in [0.05, 0.1) is 29.6 Å². The molecular formula is C22H32Cl2F4N4O4. The van der Waals surface area contributed by atoms with Gasteiger partial charge in [-0.2, -0.15) is 18.7 Å². The van der Waals surface area contributed by atoms with Crippen LogP contribution in [0.5, 0.6) is 0 Å². The van der Waals surface area contributed by atoms with E-state index in [4.69, 9.17) is 37.5 Å². The van der Waals surface area contributed by atoms with Crippen molar-refractivity contribution in [3.05, 3.63) is 0 Å². The second-order valence-electron chi connectivity index (χ2n) is 11.0. The first-order chi connectivity index (χ1) is 17.0. The van der Waals surface area contributed by atoms with Crippen LogP contribution in [-0.2, 0) is 19.1 Å². The van der Waals surface area contributed by atoms with Crippen molar-refractivity contribution in [2.24, 2.45) is 5.41 Å². The molecule has 4 saturated carbocycles. The maximum Gasteiger partial charge on any atom is 0.405 e. The Morgan fingerprint density at radius 1 is 1.08 bits per heavy atom. The van der Waals surface area contributed by atoms with Gasteiger partial charge >= 0.3 is 6.18 Å². The van der Waals surface area contributed by atoms with E-state index in [9.17, 15) is 22.4 Å². The highest BCUT2D eigenvalue weighted by Crippen LogP contribution is 2.69. The average molecular weight is 563 g/mol. The third-order valence-corrected chi connectivity index (χ3v) is 9.00. The lowest BCUT2D eigenvalue weighted by atomic mass is 9.38. The van der Waals surface area contributed by atoms with Crippen LogP contribution in [0.3, 0.4) is 0 Å². The Balaban J connectivity index is 0.979. The Kier molecular flexibility index (Phi) is 7.72. The summed E-state index contributed by atoms with van der Waals surface area (Å²) < 4.78 is 63.8. The van der Waals surface area contributed by atoms with Crippen molar-refractivity contribution >= 4 is 29.1 Å². The average Bonchev–Trinajstić information content (AvgIpc) is 3.22. The second-order valence-corrected chi connectivity index (χ2v) is 12.1. The van der Waals surface area contributed by atoms with Crippen molar-refractivity contribution in [1.82, 2.24) is 21.4 Å². The molecule has 0 spiro atoms. The molecule has 6 fully saturated rings. The van der Waals surface area contributed by atoms with Gasteiger partial charge in [0.25, 0.3) is 0 Å². The molecule has 1 amide bonds. The summed E-state index contributed by atoms with van der Waals surface area (Å²) in [4.78, 5) is 18.1. The first kappa shape index (κ1) is 27.1. The van der Waals surface area contributed by atoms with Gasteiger partial charge in [-0.05, 0) is 38.5 Å². The highest BCUT2D eigenvalue weighted by molar-refractivity contribution is 6.21. The molecule has 2 aliphatic heterocycles. The van der Waals surface area contributed by atoms with Crippen molar-refractivity contribution < 1.29 is 36.7 Å². The van der Waals surface area contributed by atoms with E-state index in [-0.39, 0.29) is 68.0 Å². The minimum Gasteiger partial charge on any atom is -0.374 e. The van der Waals surface area contributed by atoms with Gasteiger partial charge in [-0.15, -0.1) is 23.2 Å². The van der Waals surface area contributed by atoms with E-state index in [0.717, 1.165) is 19.3 Å². The van der Waals surface area contributed by atoms with E-state index in [2.05, 4.69) is 21.4 Å². The third-order valence-electron chi connectivity index (χ3n) is 8.07. The van der Waals surface area contributed by atoms with E-state index in [1.807, 2.05) is 0 Å². The minimum atomic E-state index is -4.39. The second kappa shape index (κ2) is 10.3. The van der Waals surface area contributed by atoms with Crippen molar-refractivity contribution in [1.29, 1.82) is 0 Å². The number of hydrogen-bond donors (Lipinski definition) is 4. The molecule has 8 atom stereocenters. The fourth-order valence-electron chi connectivity index (χ4n) is 6.32. The Hall–Kier alpha value is -0.470. The number of nitrogens with one attached hydrogen (secondary N) is 4. The summed E-state index contributed by atoms with van der Waals surface area (Å²) in [5, 5.41) is 7.24. The van der Waals surface area contributed by atoms with E-state index in [1.165, 1.54) is 0 Å². The molecule has 0 radical (unpaired) electrons. The number of piperidine rings is 1. The van der Waals surface area contributed by atoms with Gasteiger partial charge in [0.1, 0.15) is 31.2 Å². The summed E-state index contributed by atoms with van der Waals surface area (Å²) in [7, 11) is 0. The van der Waals surface area contributed by atoms with Crippen molar-refractivity contribution in [3.8, 4) is 0 Å². The van der Waals surface area contributed by atoms with Crippen LogP contribution >= 0.6 is 23.2 Å². The normalized spacial score (nSPS) is 46.6. The minimum absolute atomic E-state index is 0.0720. The Labute approximate surface area is 216 Å². The largest absolute Gasteiger partial charge is 0.405 e. The molecule has 4 aliphatic carbocycles. The third kappa shape index (κ3) is 5.61. The monoisotopic (exact) mass is 562 g/mol. The molecule has 8 unspecified atom stereocenters. The molecule has 206 valence electrons.